The second-order valence-corrected chi connectivity index (χ2v) is 13.6. The van der Waals surface area contributed by atoms with Crippen molar-refractivity contribution in [1.29, 1.82) is 0 Å². The third-order valence-corrected chi connectivity index (χ3v) is 10.6. The van der Waals surface area contributed by atoms with Gasteiger partial charge in [0.15, 0.2) is 5.13 Å². The summed E-state index contributed by atoms with van der Waals surface area (Å²) in [6, 6.07) is 2.59. The van der Waals surface area contributed by atoms with E-state index in [9.17, 15) is 18.0 Å². The Labute approximate surface area is 204 Å². The molecule has 1 aliphatic carbocycles. The lowest BCUT2D eigenvalue weighted by Crippen LogP contribution is -2.58. The quantitative estimate of drug-likeness (QED) is 0.555. The zero-order chi connectivity index (χ0) is 22.7. The molecule has 0 aromatic carbocycles. The van der Waals surface area contributed by atoms with Crippen molar-refractivity contribution in [3.05, 3.63) is 27.5 Å². The maximum Gasteiger partial charge on any atom is 0.253 e. The molecular formula is C20H25BrN4O4S3. The number of thiophene rings is 1. The third-order valence-electron chi connectivity index (χ3n) is 5.99. The van der Waals surface area contributed by atoms with Gasteiger partial charge in [-0.1, -0.05) is 32.1 Å². The molecule has 2 aromatic rings. The Morgan fingerprint density at radius 1 is 1.25 bits per heavy atom. The highest BCUT2D eigenvalue weighted by atomic mass is 79.9. The minimum Gasteiger partial charge on any atom is -0.328 e. The Balaban J connectivity index is 1.49. The summed E-state index contributed by atoms with van der Waals surface area (Å²) in [5.41, 5.74) is 0. The van der Waals surface area contributed by atoms with Crippen molar-refractivity contribution in [3.63, 3.8) is 0 Å². The lowest BCUT2D eigenvalue weighted by atomic mass is 9.84. The molecule has 2 fully saturated rings. The molecule has 0 radical (unpaired) electrons. The lowest BCUT2D eigenvalue weighted by Gasteiger charge is -2.39. The van der Waals surface area contributed by atoms with Gasteiger partial charge in [0.05, 0.1) is 10.3 Å². The van der Waals surface area contributed by atoms with Crippen LogP contribution in [0.1, 0.15) is 38.5 Å². The van der Waals surface area contributed by atoms with Crippen LogP contribution in [0.15, 0.2) is 31.7 Å². The van der Waals surface area contributed by atoms with E-state index >= 15 is 0 Å². The number of sulfonamides is 1. The molecular weight excluding hydrogens is 536 g/mol. The molecule has 1 N–H and O–H groups in total. The first-order valence-corrected chi connectivity index (χ1v) is 14.5. The zero-order valence-electron chi connectivity index (χ0n) is 17.4. The molecule has 1 unspecified atom stereocenters. The molecule has 1 saturated heterocycles. The van der Waals surface area contributed by atoms with Crippen LogP contribution >= 0.6 is 38.6 Å². The van der Waals surface area contributed by atoms with Crippen LogP contribution in [0.4, 0.5) is 5.13 Å². The van der Waals surface area contributed by atoms with E-state index in [1.165, 1.54) is 28.1 Å². The highest BCUT2D eigenvalue weighted by molar-refractivity contribution is 9.11. The smallest absolute Gasteiger partial charge is 0.253 e. The number of carbonyl (C=O) groups is 2. The van der Waals surface area contributed by atoms with Gasteiger partial charge in [-0.05, 0) is 40.4 Å². The molecule has 4 rings (SSSR count). The Hall–Kier alpha value is -1.34. The van der Waals surface area contributed by atoms with Gasteiger partial charge in [0.25, 0.3) is 10.0 Å². The van der Waals surface area contributed by atoms with Crippen LogP contribution in [0.3, 0.4) is 0 Å². The van der Waals surface area contributed by atoms with Gasteiger partial charge >= 0.3 is 0 Å². The molecule has 0 bridgehead atoms. The van der Waals surface area contributed by atoms with E-state index in [1.54, 1.807) is 22.5 Å². The average Bonchev–Trinajstić information content (AvgIpc) is 3.45. The van der Waals surface area contributed by atoms with E-state index in [1.807, 2.05) is 0 Å². The Bertz CT molecular complexity index is 1050. The molecule has 12 heteroatoms. The van der Waals surface area contributed by atoms with Crippen molar-refractivity contribution in [2.24, 2.45) is 5.92 Å². The van der Waals surface area contributed by atoms with Gasteiger partial charge < -0.3 is 10.2 Å². The molecule has 174 valence electrons. The standard InChI is InChI=1S/C20H25BrN4O4S3/c21-16-6-7-18(31-16)32(28,29)24-9-10-25(17(26)13-24)15(12-14-4-2-1-3-5-14)19(27)23-20-22-8-11-30-20/h6-8,11,14-15H,1-5,9-10,12-13H2,(H,22,23,27). The van der Waals surface area contributed by atoms with Crippen LogP contribution < -0.4 is 5.32 Å². The molecule has 1 atom stereocenters. The van der Waals surface area contributed by atoms with Crippen molar-refractivity contribution < 1.29 is 18.0 Å². The first kappa shape index (κ1) is 23.8. The number of rotatable bonds is 7. The van der Waals surface area contributed by atoms with Gasteiger partial charge in [0.2, 0.25) is 11.8 Å². The summed E-state index contributed by atoms with van der Waals surface area (Å²) >= 11 is 5.74. The van der Waals surface area contributed by atoms with Gasteiger partial charge in [-0.25, -0.2) is 13.4 Å². The van der Waals surface area contributed by atoms with Gasteiger partial charge in [0, 0.05) is 24.7 Å². The van der Waals surface area contributed by atoms with Crippen LogP contribution in [-0.2, 0) is 19.6 Å². The molecule has 2 amide bonds. The van der Waals surface area contributed by atoms with Crippen molar-refractivity contribution in [1.82, 2.24) is 14.2 Å². The Morgan fingerprint density at radius 2 is 2.03 bits per heavy atom. The highest BCUT2D eigenvalue weighted by Crippen LogP contribution is 2.32. The van der Waals surface area contributed by atoms with Gasteiger partial charge in [-0.3, -0.25) is 9.59 Å². The molecule has 2 aromatic heterocycles. The predicted molar refractivity (Wildman–Crippen MR) is 128 cm³/mol. The van der Waals surface area contributed by atoms with Crippen LogP contribution in [0, 0.1) is 5.92 Å². The summed E-state index contributed by atoms with van der Waals surface area (Å²) in [6.07, 6.45) is 7.81. The number of halogens is 1. The Kier molecular flexibility index (Phi) is 7.65. The minimum absolute atomic E-state index is 0.162. The zero-order valence-corrected chi connectivity index (χ0v) is 21.4. The van der Waals surface area contributed by atoms with Crippen LogP contribution in [-0.4, -0.2) is 60.1 Å². The van der Waals surface area contributed by atoms with E-state index in [4.69, 9.17) is 0 Å². The van der Waals surface area contributed by atoms with Crippen LogP contribution in [0.25, 0.3) is 0 Å². The van der Waals surface area contributed by atoms with Gasteiger partial charge in [-0.2, -0.15) is 4.31 Å². The molecule has 32 heavy (non-hydrogen) atoms. The van der Waals surface area contributed by atoms with Crippen molar-refractivity contribution in [2.75, 3.05) is 25.0 Å². The molecule has 1 saturated carbocycles. The summed E-state index contributed by atoms with van der Waals surface area (Å²) in [5, 5.41) is 5.12. The number of amides is 2. The summed E-state index contributed by atoms with van der Waals surface area (Å²) in [5.74, 6) is -0.211. The van der Waals surface area contributed by atoms with E-state index < -0.39 is 16.1 Å². The van der Waals surface area contributed by atoms with Crippen LogP contribution in [0.2, 0.25) is 0 Å². The summed E-state index contributed by atoms with van der Waals surface area (Å²) in [7, 11) is -3.75. The fraction of sp³-hybridized carbons (Fsp3) is 0.550. The molecule has 0 spiro atoms. The first-order chi connectivity index (χ1) is 15.3. The van der Waals surface area contributed by atoms with Crippen LogP contribution in [0.5, 0.6) is 0 Å². The fourth-order valence-corrected chi connectivity index (χ4v) is 8.43. The van der Waals surface area contributed by atoms with Gasteiger partial charge in [-0.15, -0.1) is 22.7 Å². The van der Waals surface area contributed by atoms with E-state index in [0.29, 0.717) is 21.3 Å². The summed E-state index contributed by atoms with van der Waals surface area (Å²) < 4.78 is 28.0. The molecule has 8 nitrogen and oxygen atoms in total. The topological polar surface area (TPSA) is 99.7 Å². The van der Waals surface area contributed by atoms with E-state index in [-0.39, 0.29) is 35.7 Å². The summed E-state index contributed by atoms with van der Waals surface area (Å²) in [6.45, 7) is 0.0894. The monoisotopic (exact) mass is 560 g/mol. The third kappa shape index (κ3) is 5.41. The second kappa shape index (κ2) is 10.3. The number of hydrogen-bond acceptors (Lipinski definition) is 7. The normalized spacial score (nSPS) is 19.8. The van der Waals surface area contributed by atoms with Crippen molar-refractivity contribution >= 4 is 65.6 Å². The van der Waals surface area contributed by atoms with E-state index in [0.717, 1.165) is 37.0 Å². The summed E-state index contributed by atoms with van der Waals surface area (Å²) in [4.78, 5) is 31.9. The average molecular weight is 562 g/mol. The second-order valence-electron chi connectivity index (χ2n) is 8.07. The fourth-order valence-electron chi connectivity index (χ4n) is 4.35. The number of nitrogens with zero attached hydrogens (tertiary/aromatic N) is 3. The minimum atomic E-state index is -3.75. The molecule has 3 heterocycles. The van der Waals surface area contributed by atoms with Crippen molar-refractivity contribution in [3.8, 4) is 0 Å². The number of thiazole rings is 1. The molecule has 1 aliphatic heterocycles. The number of nitrogens with one attached hydrogen (secondary N) is 1. The van der Waals surface area contributed by atoms with Gasteiger partial charge in [0.1, 0.15) is 10.3 Å². The number of hydrogen-bond donors (Lipinski definition) is 1. The Morgan fingerprint density at radius 3 is 2.66 bits per heavy atom. The van der Waals surface area contributed by atoms with Crippen molar-refractivity contribution in [2.45, 2.75) is 48.8 Å². The maximum absolute atomic E-state index is 13.2. The molecule has 2 aliphatic rings. The van der Waals surface area contributed by atoms with E-state index in [2.05, 4.69) is 26.2 Å². The number of piperazine rings is 1. The first-order valence-electron chi connectivity index (χ1n) is 10.6. The number of carbonyl (C=O) groups excluding carboxylic acids is 2. The maximum atomic E-state index is 13.2. The largest absolute Gasteiger partial charge is 0.328 e. The predicted octanol–water partition coefficient (Wildman–Crippen LogP) is 3.78. The SMILES string of the molecule is O=C(Nc1nccs1)C(CC1CCCCC1)N1CCN(S(=O)(=O)c2ccc(Br)s2)CC1=O. The lowest BCUT2D eigenvalue weighted by molar-refractivity contribution is -0.142. The number of anilines is 1. The highest BCUT2D eigenvalue weighted by Gasteiger charge is 2.39. The number of aromatic nitrogens is 1.